The summed E-state index contributed by atoms with van der Waals surface area (Å²) < 4.78 is 42.0. The largest absolute Gasteiger partial charge is 0.573 e. The van der Waals surface area contributed by atoms with Gasteiger partial charge in [0.05, 0.1) is 5.69 Å². The van der Waals surface area contributed by atoms with Gasteiger partial charge in [0.1, 0.15) is 5.75 Å². The third-order valence-corrected chi connectivity index (χ3v) is 5.16. The number of aromatic nitrogens is 1. The molecule has 0 radical (unpaired) electrons. The molecule has 3 aromatic rings. The van der Waals surface area contributed by atoms with Gasteiger partial charge in [-0.25, -0.2) is 0 Å². The number of nitrogens with one attached hydrogen (secondary N) is 1. The van der Waals surface area contributed by atoms with Crippen molar-refractivity contribution in [1.29, 1.82) is 0 Å². The summed E-state index contributed by atoms with van der Waals surface area (Å²) in [4.78, 5) is 4.50. The normalized spacial score (nSPS) is 11.9. The number of fused-ring (bicyclic) bond motifs is 1. The van der Waals surface area contributed by atoms with Gasteiger partial charge in [0.2, 0.25) is 0 Å². The SMILES string of the molecule is CSc1ccccc1-c1[nH]c2ccc(OC(F)(F)F)cc2c1CCCCN. The summed E-state index contributed by atoms with van der Waals surface area (Å²) in [7, 11) is 0. The predicted molar refractivity (Wildman–Crippen MR) is 104 cm³/mol. The highest BCUT2D eigenvalue weighted by Gasteiger charge is 2.31. The van der Waals surface area contributed by atoms with Gasteiger partial charge in [-0.3, -0.25) is 0 Å². The Morgan fingerprint density at radius 3 is 2.59 bits per heavy atom. The minimum Gasteiger partial charge on any atom is -0.406 e. The summed E-state index contributed by atoms with van der Waals surface area (Å²) in [6.45, 7) is 0.585. The molecule has 0 fully saturated rings. The van der Waals surface area contributed by atoms with Crippen LogP contribution in [0.15, 0.2) is 47.4 Å². The first-order chi connectivity index (χ1) is 12.9. The van der Waals surface area contributed by atoms with Gasteiger partial charge in [-0.2, -0.15) is 0 Å². The van der Waals surface area contributed by atoms with E-state index in [1.165, 1.54) is 12.1 Å². The maximum absolute atomic E-state index is 12.6. The van der Waals surface area contributed by atoms with Crippen molar-refractivity contribution in [3.05, 3.63) is 48.0 Å². The lowest BCUT2D eigenvalue weighted by molar-refractivity contribution is -0.274. The van der Waals surface area contributed by atoms with Crippen molar-refractivity contribution < 1.29 is 17.9 Å². The highest BCUT2D eigenvalue weighted by atomic mass is 32.2. The van der Waals surface area contributed by atoms with E-state index >= 15 is 0 Å². The quantitative estimate of drug-likeness (QED) is 0.397. The van der Waals surface area contributed by atoms with Crippen LogP contribution in [-0.2, 0) is 6.42 Å². The van der Waals surface area contributed by atoms with Crippen LogP contribution in [0.3, 0.4) is 0 Å². The number of aromatic amines is 1. The van der Waals surface area contributed by atoms with Gasteiger partial charge in [-0.1, -0.05) is 18.2 Å². The van der Waals surface area contributed by atoms with Crippen LogP contribution in [0.25, 0.3) is 22.2 Å². The van der Waals surface area contributed by atoms with E-state index < -0.39 is 6.36 Å². The lowest BCUT2D eigenvalue weighted by Gasteiger charge is -2.10. The van der Waals surface area contributed by atoms with Gasteiger partial charge in [0, 0.05) is 21.4 Å². The van der Waals surface area contributed by atoms with Crippen LogP contribution in [0.4, 0.5) is 13.2 Å². The summed E-state index contributed by atoms with van der Waals surface area (Å²) >= 11 is 1.63. The molecule has 7 heteroatoms. The van der Waals surface area contributed by atoms with E-state index in [1.807, 2.05) is 30.5 Å². The number of hydrogen-bond acceptors (Lipinski definition) is 3. The van der Waals surface area contributed by atoms with Gasteiger partial charge in [0.25, 0.3) is 0 Å². The molecule has 27 heavy (non-hydrogen) atoms. The molecule has 0 atom stereocenters. The zero-order chi connectivity index (χ0) is 19.4. The standard InChI is InChI=1S/C20H21F3N2OS/c1-27-18-8-3-2-7-15(18)19-14(6-4-5-11-24)16-12-13(26-20(21,22)23)9-10-17(16)25-19/h2-3,7-10,12,25H,4-6,11,24H2,1H3. The first-order valence-corrected chi connectivity index (χ1v) is 9.89. The van der Waals surface area contributed by atoms with Gasteiger partial charge in [-0.15, -0.1) is 24.9 Å². The fraction of sp³-hybridized carbons (Fsp3) is 0.300. The molecule has 0 spiro atoms. The zero-order valence-electron chi connectivity index (χ0n) is 14.9. The highest BCUT2D eigenvalue weighted by molar-refractivity contribution is 7.98. The molecular formula is C20H21F3N2OS. The molecule has 3 nitrogen and oxygen atoms in total. The molecule has 3 N–H and O–H groups in total. The van der Waals surface area contributed by atoms with Crippen LogP contribution in [0, 0.1) is 0 Å². The summed E-state index contributed by atoms with van der Waals surface area (Å²) in [6.07, 6.45) is -0.259. The topological polar surface area (TPSA) is 51.0 Å². The molecule has 0 aliphatic heterocycles. The Bertz CT molecular complexity index is 921. The molecule has 0 bridgehead atoms. The Morgan fingerprint density at radius 1 is 1.11 bits per heavy atom. The molecule has 144 valence electrons. The number of ether oxygens (including phenoxy) is 1. The number of rotatable bonds is 7. The fourth-order valence-electron chi connectivity index (χ4n) is 3.21. The van der Waals surface area contributed by atoms with Crippen molar-refractivity contribution in [3.8, 4) is 17.0 Å². The van der Waals surface area contributed by atoms with Crippen LogP contribution in [0.2, 0.25) is 0 Å². The summed E-state index contributed by atoms with van der Waals surface area (Å²) in [5, 5.41) is 0.750. The second kappa shape index (κ2) is 8.27. The Hall–Kier alpha value is -2.12. The monoisotopic (exact) mass is 394 g/mol. The third kappa shape index (κ3) is 4.59. The third-order valence-electron chi connectivity index (χ3n) is 4.37. The predicted octanol–water partition coefficient (Wildman–Crippen LogP) is 5.74. The molecule has 0 aliphatic rings. The van der Waals surface area contributed by atoms with Crippen molar-refractivity contribution >= 4 is 22.7 Å². The smallest absolute Gasteiger partial charge is 0.406 e. The number of thioether (sulfide) groups is 1. The van der Waals surface area contributed by atoms with Gasteiger partial charge >= 0.3 is 6.36 Å². The van der Waals surface area contributed by atoms with E-state index in [9.17, 15) is 13.2 Å². The van der Waals surface area contributed by atoms with Gasteiger partial charge in [-0.05, 0) is 61.9 Å². The molecule has 0 amide bonds. The van der Waals surface area contributed by atoms with Crippen LogP contribution in [0.1, 0.15) is 18.4 Å². The minimum absolute atomic E-state index is 0.209. The number of H-pyrrole nitrogens is 1. The number of nitrogens with two attached hydrogens (primary N) is 1. The fourth-order valence-corrected chi connectivity index (χ4v) is 3.82. The molecule has 0 unspecified atom stereocenters. The number of unbranched alkanes of at least 4 members (excludes halogenated alkanes) is 1. The van der Waals surface area contributed by atoms with Crippen molar-refractivity contribution in [3.63, 3.8) is 0 Å². The average molecular weight is 394 g/mol. The number of halogens is 3. The second-order valence-corrected chi connectivity index (χ2v) is 7.03. The van der Waals surface area contributed by atoms with Crippen molar-refractivity contribution in [2.24, 2.45) is 5.73 Å². The number of benzene rings is 2. The van der Waals surface area contributed by atoms with Crippen molar-refractivity contribution in [2.45, 2.75) is 30.5 Å². The van der Waals surface area contributed by atoms with E-state index in [0.29, 0.717) is 6.54 Å². The van der Waals surface area contributed by atoms with Gasteiger partial charge in [0.15, 0.2) is 0 Å². The van der Waals surface area contributed by atoms with Crippen molar-refractivity contribution in [1.82, 2.24) is 4.98 Å². The molecule has 1 heterocycles. The molecule has 0 saturated carbocycles. The summed E-state index contributed by atoms with van der Waals surface area (Å²) in [6, 6.07) is 12.4. The van der Waals surface area contributed by atoms with Gasteiger partial charge < -0.3 is 15.5 Å². The first-order valence-electron chi connectivity index (χ1n) is 8.66. The lowest BCUT2D eigenvalue weighted by atomic mass is 10.00. The number of aryl methyl sites for hydroxylation is 1. The molecule has 0 saturated heterocycles. The van der Waals surface area contributed by atoms with E-state index in [4.69, 9.17) is 5.73 Å². The van der Waals surface area contributed by atoms with Crippen LogP contribution < -0.4 is 10.5 Å². The first kappa shape index (κ1) is 19.6. The van der Waals surface area contributed by atoms with E-state index in [-0.39, 0.29) is 5.75 Å². The highest BCUT2D eigenvalue weighted by Crippen LogP contribution is 2.38. The van der Waals surface area contributed by atoms with E-state index in [0.717, 1.165) is 51.9 Å². The Morgan fingerprint density at radius 2 is 1.89 bits per heavy atom. The lowest BCUT2D eigenvalue weighted by Crippen LogP contribution is -2.16. The molecule has 1 aromatic heterocycles. The van der Waals surface area contributed by atoms with Crippen LogP contribution >= 0.6 is 11.8 Å². The Kier molecular flexibility index (Phi) is 6.01. The van der Waals surface area contributed by atoms with Crippen LogP contribution in [-0.4, -0.2) is 24.1 Å². The number of hydrogen-bond donors (Lipinski definition) is 2. The van der Waals surface area contributed by atoms with E-state index in [1.54, 1.807) is 17.8 Å². The molecule has 0 aliphatic carbocycles. The molecular weight excluding hydrogens is 373 g/mol. The molecule has 3 rings (SSSR count). The summed E-state index contributed by atoms with van der Waals surface area (Å²) in [5.41, 5.74) is 9.38. The van der Waals surface area contributed by atoms with Crippen LogP contribution in [0.5, 0.6) is 5.75 Å². The second-order valence-electron chi connectivity index (χ2n) is 6.18. The van der Waals surface area contributed by atoms with E-state index in [2.05, 4.69) is 9.72 Å². The average Bonchev–Trinajstić information content (AvgIpc) is 2.98. The van der Waals surface area contributed by atoms with Crippen molar-refractivity contribution in [2.75, 3.05) is 12.8 Å². The maximum atomic E-state index is 12.6. The summed E-state index contributed by atoms with van der Waals surface area (Å²) in [5.74, 6) is -0.209. The maximum Gasteiger partial charge on any atom is 0.573 e. The Balaban J connectivity index is 2.13. The minimum atomic E-state index is -4.71. The molecule has 2 aromatic carbocycles. The number of alkyl halides is 3. The zero-order valence-corrected chi connectivity index (χ0v) is 15.7. The Labute approximate surface area is 160 Å².